The van der Waals surface area contributed by atoms with E-state index in [-0.39, 0.29) is 24.0 Å². The van der Waals surface area contributed by atoms with Crippen LogP contribution < -0.4 is 10.6 Å². The summed E-state index contributed by atoms with van der Waals surface area (Å²) >= 11 is 1.68. The monoisotopic (exact) mass is 525 g/mol. The SMILES string of the molecule is CCNC(=NCc1ccc(-n2ccnc2C)nc1)NCc1nc(C(C)C)cs1.I. The Morgan fingerprint density at radius 3 is 2.66 bits per heavy atom. The first-order valence-corrected chi connectivity index (χ1v) is 10.4. The normalized spacial score (nSPS) is 11.4. The highest BCUT2D eigenvalue weighted by Gasteiger charge is 2.07. The van der Waals surface area contributed by atoms with Crippen LogP contribution in [-0.2, 0) is 13.1 Å². The van der Waals surface area contributed by atoms with E-state index < -0.39 is 0 Å². The van der Waals surface area contributed by atoms with Crippen LogP contribution in [0, 0.1) is 6.92 Å². The van der Waals surface area contributed by atoms with Crippen molar-refractivity contribution in [3.05, 3.63) is 58.2 Å². The van der Waals surface area contributed by atoms with E-state index in [2.05, 4.69) is 56.7 Å². The van der Waals surface area contributed by atoms with E-state index in [1.54, 1.807) is 17.5 Å². The van der Waals surface area contributed by atoms with Crippen LogP contribution in [0.3, 0.4) is 0 Å². The third-order valence-electron chi connectivity index (χ3n) is 4.21. The second kappa shape index (κ2) is 11.2. The van der Waals surface area contributed by atoms with Crippen molar-refractivity contribution in [3.8, 4) is 5.82 Å². The number of hydrogen-bond donors (Lipinski definition) is 2. The third kappa shape index (κ3) is 6.49. The number of thiazole rings is 1. The molecule has 0 aliphatic carbocycles. The second-order valence-corrected chi connectivity index (χ2v) is 7.68. The number of guanidine groups is 1. The van der Waals surface area contributed by atoms with Crippen LogP contribution in [0.5, 0.6) is 0 Å². The lowest BCUT2D eigenvalue weighted by atomic mass is 10.2. The highest BCUT2D eigenvalue weighted by Crippen LogP contribution is 2.17. The molecule has 0 aromatic carbocycles. The van der Waals surface area contributed by atoms with Gasteiger partial charge in [-0.25, -0.2) is 19.9 Å². The molecule has 0 saturated heterocycles. The van der Waals surface area contributed by atoms with Gasteiger partial charge in [0.05, 0.1) is 18.8 Å². The Morgan fingerprint density at radius 1 is 1.24 bits per heavy atom. The van der Waals surface area contributed by atoms with Crippen molar-refractivity contribution in [2.45, 2.75) is 46.7 Å². The number of rotatable bonds is 7. The molecule has 29 heavy (non-hydrogen) atoms. The molecule has 2 N–H and O–H groups in total. The average molecular weight is 525 g/mol. The maximum Gasteiger partial charge on any atom is 0.191 e. The van der Waals surface area contributed by atoms with E-state index in [1.165, 1.54) is 0 Å². The van der Waals surface area contributed by atoms with Gasteiger partial charge in [-0.1, -0.05) is 19.9 Å². The highest BCUT2D eigenvalue weighted by molar-refractivity contribution is 14.0. The summed E-state index contributed by atoms with van der Waals surface area (Å²) in [6, 6.07) is 4.04. The smallest absolute Gasteiger partial charge is 0.191 e. The minimum Gasteiger partial charge on any atom is -0.357 e. The molecule has 0 aliphatic rings. The first kappa shape index (κ1) is 23.3. The summed E-state index contributed by atoms with van der Waals surface area (Å²) in [5.41, 5.74) is 2.19. The zero-order valence-corrected chi connectivity index (χ0v) is 20.4. The van der Waals surface area contributed by atoms with E-state index in [0.717, 1.165) is 40.4 Å². The highest BCUT2D eigenvalue weighted by atomic mass is 127. The predicted molar refractivity (Wildman–Crippen MR) is 129 cm³/mol. The van der Waals surface area contributed by atoms with E-state index in [4.69, 9.17) is 0 Å². The fourth-order valence-corrected chi connectivity index (χ4v) is 3.51. The van der Waals surface area contributed by atoms with Crippen molar-refractivity contribution in [2.24, 2.45) is 4.99 Å². The Kier molecular flexibility index (Phi) is 9.02. The summed E-state index contributed by atoms with van der Waals surface area (Å²) in [5, 5.41) is 9.82. The fraction of sp³-hybridized carbons (Fsp3) is 0.400. The van der Waals surface area contributed by atoms with Gasteiger partial charge >= 0.3 is 0 Å². The van der Waals surface area contributed by atoms with Crippen LogP contribution >= 0.6 is 35.3 Å². The quantitative estimate of drug-likeness (QED) is 0.277. The van der Waals surface area contributed by atoms with Gasteiger partial charge in [-0.2, -0.15) is 0 Å². The molecule has 9 heteroatoms. The zero-order valence-electron chi connectivity index (χ0n) is 17.2. The molecule has 0 bridgehead atoms. The van der Waals surface area contributed by atoms with Crippen molar-refractivity contribution in [3.63, 3.8) is 0 Å². The Bertz CT molecular complexity index is 915. The topological polar surface area (TPSA) is 80.0 Å². The molecule has 3 heterocycles. The molecule has 0 aliphatic heterocycles. The van der Waals surface area contributed by atoms with Crippen LogP contribution in [0.15, 0.2) is 41.1 Å². The number of nitrogens with zero attached hydrogens (tertiary/aromatic N) is 5. The Morgan fingerprint density at radius 2 is 2.07 bits per heavy atom. The molecule has 0 radical (unpaired) electrons. The molecule has 156 valence electrons. The minimum absolute atomic E-state index is 0. The molecule has 7 nitrogen and oxygen atoms in total. The molecule has 0 atom stereocenters. The van der Waals surface area contributed by atoms with E-state index in [1.807, 2.05) is 36.0 Å². The second-order valence-electron chi connectivity index (χ2n) is 6.74. The van der Waals surface area contributed by atoms with Gasteiger partial charge in [0.25, 0.3) is 0 Å². The van der Waals surface area contributed by atoms with Crippen LogP contribution in [-0.4, -0.2) is 32.0 Å². The molecular weight excluding hydrogens is 497 g/mol. The summed E-state index contributed by atoms with van der Waals surface area (Å²) in [5.74, 6) is 3.00. The van der Waals surface area contributed by atoms with Crippen molar-refractivity contribution < 1.29 is 0 Å². The maximum absolute atomic E-state index is 4.66. The number of aromatic nitrogens is 4. The fourth-order valence-electron chi connectivity index (χ4n) is 2.62. The van der Waals surface area contributed by atoms with Gasteiger partial charge in [0, 0.05) is 30.5 Å². The third-order valence-corrected chi connectivity index (χ3v) is 5.08. The van der Waals surface area contributed by atoms with Gasteiger partial charge in [0.2, 0.25) is 0 Å². The number of aliphatic imine (C=N–C) groups is 1. The van der Waals surface area contributed by atoms with Gasteiger partial charge in [-0.3, -0.25) is 4.57 Å². The maximum atomic E-state index is 4.66. The summed E-state index contributed by atoms with van der Waals surface area (Å²) < 4.78 is 1.96. The van der Waals surface area contributed by atoms with Crippen molar-refractivity contribution in [2.75, 3.05) is 6.54 Å². The van der Waals surface area contributed by atoms with Crippen LogP contribution in [0.25, 0.3) is 5.82 Å². The van der Waals surface area contributed by atoms with E-state index in [0.29, 0.717) is 19.0 Å². The number of aryl methyl sites for hydroxylation is 1. The molecule has 3 aromatic heterocycles. The minimum atomic E-state index is 0. The van der Waals surface area contributed by atoms with Gasteiger partial charge in [0.1, 0.15) is 16.6 Å². The molecular formula is C20H28IN7S. The molecule has 3 rings (SSSR count). The van der Waals surface area contributed by atoms with Gasteiger partial charge in [0.15, 0.2) is 5.96 Å². The first-order chi connectivity index (χ1) is 13.6. The largest absolute Gasteiger partial charge is 0.357 e. The predicted octanol–water partition coefficient (Wildman–Crippen LogP) is 4.03. The standard InChI is InChI=1S/C20H27N7S.HI/c1-5-21-20(25-12-19-26-17(13-28-19)14(2)3)24-11-16-6-7-18(23-10-16)27-9-8-22-15(27)4;/h6-10,13-14H,5,11-12H2,1-4H3,(H2,21,24,25);1H. The molecule has 3 aromatic rings. The Labute approximate surface area is 193 Å². The van der Waals surface area contributed by atoms with Crippen molar-refractivity contribution in [1.82, 2.24) is 30.2 Å². The molecule has 0 amide bonds. The number of nitrogens with one attached hydrogen (secondary N) is 2. The lowest BCUT2D eigenvalue weighted by Crippen LogP contribution is -2.36. The van der Waals surface area contributed by atoms with Crippen LogP contribution in [0.1, 0.15) is 48.8 Å². The van der Waals surface area contributed by atoms with Crippen LogP contribution in [0.4, 0.5) is 0 Å². The van der Waals surface area contributed by atoms with Crippen molar-refractivity contribution in [1.29, 1.82) is 0 Å². The summed E-state index contributed by atoms with van der Waals surface area (Å²) in [6.07, 6.45) is 5.54. The molecule has 0 saturated carbocycles. The van der Waals surface area contributed by atoms with Gasteiger partial charge in [-0.05, 0) is 31.4 Å². The molecule has 0 unspecified atom stereocenters. The Hall–Kier alpha value is -2.01. The van der Waals surface area contributed by atoms with Gasteiger partial charge in [-0.15, -0.1) is 35.3 Å². The van der Waals surface area contributed by atoms with E-state index in [9.17, 15) is 0 Å². The van der Waals surface area contributed by atoms with E-state index >= 15 is 0 Å². The lowest BCUT2D eigenvalue weighted by molar-refractivity contribution is 0.787. The Balaban J connectivity index is 0.00000300. The first-order valence-electron chi connectivity index (χ1n) is 9.48. The lowest BCUT2D eigenvalue weighted by Gasteiger charge is -2.10. The number of pyridine rings is 1. The number of imidazole rings is 1. The summed E-state index contributed by atoms with van der Waals surface area (Å²) in [7, 11) is 0. The number of halogens is 1. The van der Waals surface area contributed by atoms with Crippen molar-refractivity contribution >= 4 is 41.3 Å². The van der Waals surface area contributed by atoms with Crippen LogP contribution in [0.2, 0.25) is 0 Å². The molecule has 0 spiro atoms. The summed E-state index contributed by atoms with van der Waals surface area (Å²) in [4.78, 5) is 18.1. The molecule has 0 fully saturated rings. The zero-order chi connectivity index (χ0) is 19.9. The summed E-state index contributed by atoms with van der Waals surface area (Å²) in [6.45, 7) is 10.4. The van der Waals surface area contributed by atoms with Gasteiger partial charge < -0.3 is 10.6 Å². The number of hydrogen-bond acceptors (Lipinski definition) is 5. The average Bonchev–Trinajstić information content (AvgIpc) is 3.33.